The van der Waals surface area contributed by atoms with Crippen molar-refractivity contribution < 1.29 is 4.42 Å². The average Bonchev–Trinajstić information content (AvgIpc) is 3.81. The highest BCUT2D eigenvalue weighted by molar-refractivity contribution is 6.20. The smallest absolute Gasteiger partial charge is 0.139 e. The van der Waals surface area contributed by atoms with Gasteiger partial charge in [0.25, 0.3) is 0 Å². The van der Waals surface area contributed by atoms with Crippen molar-refractivity contribution in [2.45, 2.75) is 19.3 Å². The lowest BCUT2D eigenvalue weighted by atomic mass is 9.82. The highest BCUT2D eigenvalue weighted by atomic mass is 16.3. The molecule has 0 radical (unpaired) electrons. The van der Waals surface area contributed by atoms with Crippen LogP contribution in [0.1, 0.15) is 25.0 Å². The molecule has 11 rings (SSSR count). The second-order valence-corrected chi connectivity index (χ2v) is 16.2. The Kier molecular flexibility index (Phi) is 8.79. The summed E-state index contributed by atoms with van der Waals surface area (Å²) < 4.78 is 7.11. The summed E-state index contributed by atoms with van der Waals surface area (Å²) in [5, 5.41) is 2.06. The van der Waals surface area contributed by atoms with Crippen LogP contribution in [0.5, 0.6) is 0 Å². The minimum Gasteiger partial charge on any atom is -0.456 e. The van der Waals surface area contributed by atoms with Crippen molar-refractivity contribution in [3.63, 3.8) is 0 Å². The maximum Gasteiger partial charge on any atom is 0.139 e. The van der Waals surface area contributed by atoms with E-state index in [0.29, 0.717) is 0 Å². The van der Waals surface area contributed by atoms with Crippen LogP contribution in [0.4, 0.5) is 51.2 Å². The van der Waals surface area contributed by atoms with E-state index in [0.717, 1.165) is 73.1 Å². The highest BCUT2D eigenvalue weighted by Gasteiger charge is 2.36. The number of nitrogens with zero attached hydrogens (tertiary/aromatic N) is 3. The molecular formula is C57H43N3O. The van der Waals surface area contributed by atoms with Gasteiger partial charge >= 0.3 is 0 Å². The van der Waals surface area contributed by atoms with E-state index in [1.54, 1.807) is 0 Å². The Morgan fingerprint density at radius 3 is 1.33 bits per heavy atom. The maximum absolute atomic E-state index is 7.11. The lowest BCUT2D eigenvalue weighted by molar-refractivity contribution is 0.660. The van der Waals surface area contributed by atoms with Gasteiger partial charge in [0, 0.05) is 45.6 Å². The summed E-state index contributed by atoms with van der Waals surface area (Å²) >= 11 is 0. The summed E-state index contributed by atoms with van der Waals surface area (Å²) in [6.07, 6.45) is 0. The van der Waals surface area contributed by atoms with Gasteiger partial charge in [0.15, 0.2) is 0 Å². The zero-order valence-corrected chi connectivity index (χ0v) is 34.1. The first kappa shape index (κ1) is 36.3. The number of para-hydroxylation sites is 5. The molecule has 10 aromatic rings. The third kappa shape index (κ3) is 6.15. The summed E-state index contributed by atoms with van der Waals surface area (Å²) in [6, 6.07) is 80.0. The summed E-state index contributed by atoms with van der Waals surface area (Å²) in [5.74, 6) is 0. The minimum absolute atomic E-state index is 0.155. The number of hydrogen-bond acceptors (Lipinski definition) is 4. The molecule has 0 saturated carbocycles. The number of anilines is 9. The lowest BCUT2D eigenvalue weighted by Crippen LogP contribution is -2.16. The van der Waals surface area contributed by atoms with E-state index in [1.165, 1.54) is 22.3 Å². The second-order valence-electron chi connectivity index (χ2n) is 16.2. The van der Waals surface area contributed by atoms with Gasteiger partial charge in [0.05, 0.1) is 27.8 Å². The van der Waals surface area contributed by atoms with Crippen molar-refractivity contribution in [3.8, 4) is 11.1 Å². The fourth-order valence-electron chi connectivity index (χ4n) is 9.40. The Labute approximate surface area is 356 Å². The van der Waals surface area contributed by atoms with Crippen LogP contribution in [0, 0.1) is 0 Å². The van der Waals surface area contributed by atoms with Crippen molar-refractivity contribution in [3.05, 3.63) is 236 Å². The van der Waals surface area contributed by atoms with Gasteiger partial charge in [0.2, 0.25) is 0 Å². The average molecular weight is 786 g/mol. The lowest BCUT2D eigenvalue weighted by Gasteiger charge is -2.31. The van der Waals surface area contributed by atoms with Crippen molar-refractivity contribution in [1.29, 1.82) is 0 Å². The minimum atomic E-state index is -0.155. The first-order valence-corrected chi connectivity index (χ1v) is 20.9. The molecule has 4 heteroatoms. The van der Waals surface area contributed by atoms with Crippen LogP contribution in [-0.4, -0.2) is 0 Å². The van der Waals surface area contributed by atoms with E-state index < -0.39 is 0 Å². The van der Waals surface area contributed by atoms with Crippen LogP contribution < -0.4 is 14.7 Å². The van der Waals surface area contributed by atoms with Gasteiger partial charge in [-0.2, -0.15) is 0 Å². The van der Waals surface area contributed by atoms with Crippen molar-refractivity contribution in [2.75, 3.05) is 14.7 Å². The molecule has 9 aromatic carbocycles. The predicted octanol–water partition coefficient (Wildman–Crippen LogP) is 16.3. The van der Waals surface area contributed by atoms with Gasteiger partial charge in [-0.1, -0.05) is 141 Å². The molecule has 292 valence electrons. The molecule has 0 N–H and O–H groups in total. The molecule has 4 nitrogen and oxygen atoms in total. The molecule has 0 aliphatic heterocycles. The molecule has 0 bridgehead atoms. The topological polar surface area (TPSA) is 22.9 Å². The number of benzene rings is 9. The summed E-state index contributed by atoms with van der Waals surface area (Å²) in [5.41, 5.74) is 16.1. The van der Waals surface area contributed by atoms with Gasteiger partial charge < -0.3 is 19.1 Å². The maximum atomic E-state index is 7.11. The SMILES string of the molecule is CC1(C)c2ccccc2-c2ccc(N(c3ccccc3)c3cccc4oc5cc(N(c6ccccc6)c6ccccc6)cc(N(c6ccccc6)c6ccccc6)c5c34)cc21. The molecule has 0 unspecified atom stereocenters. The molecule has 0 amide bonds. The van der Waals surface area contributed by atoms with Gasteiger partial charge in [-0.25, -0.2) is 0 Å². The molecule has 0 spiro atoms. The van der Waals surface area contributed by atoms with Crippen molar-refractivity contribution in [1.82, 2.24) is 0 Å². The molecular weight excluding hydrogens is 743 g/mol. The van der Waals surface area contributed by atoms with Crippen molar-refractivity contribution in [2.24, 2.45) is 0 Å². The number of hydrogen-bond donors (Lipinski definition) is 0. The third-order valence-corrected chi connectivity index (χ3v) is 12.2. The monoisotopic (exact) mass is 785 g/mol. The molecule has 1 heterocycles. The Hall–Kier alpha value is -7.82. The van der Waals surface area contributed by atoms with E-state index in [1.807, 2.05) is 0 Å². The normalized spacial score (nSPS) is 12.6. The third-order valence-electron chi connectivity index (χ3n) is 12.2. The Balaban J connectivity index is 1.22. The number of rotatable bonds is 9. The van der Waals surface area contributed by atoms with Crippen LogP contribution in [0.25, 0.3) is 33.1 Å². The Morgan fingerprint density at radius 2 is 0.770 bits per heavy atom. The second kappa shape index (κ2) is 14.8. The molecule has 1 aliphatic rings. The van der Waals surface area contributed by atoms with E-state index in [2.05, 4.69) is 253 Å². The van der Waals surface area contributed by atoms with Gasteiger partial charge in [-0.05, 0) is 113 Å². The summed E-state index contributed by atoms with van der Waals surface area (Å²) in [4.78, 5) is 7.09. The van der Waals surface area contributed by atoms with Crippen LogP contribution in [0.15, 0.2) is 229 Å². The molecule has 0 fully saturated rings. The molecule has 1 aromatic heterocycles. The van der Waals surface area contributed by atoms with Crippen LogP contribution in [0.3, 0.4) is 0 Å². The van der Waals surface area contributed by atoms with Gasteiger partial charge in [0.1, 0.15) is 11.2 Å². The van der Waals surface area contributed by atoms with E-state index in [9.17, 15) is 0 Å². The summed E-state index contributed by atoms with van der Waals surface area (Å²) in [6.45, 7) is 4.69. The van der Waals surface area contributed by atoms with Gasteiger partial charge in [-0.3, -0.25) is 0 Å². The molecule has 0 atom stereocenters. The zero-order chi connectivity index (χ0) is 40.9. The standard InChI is InChI=1S/C57H43N3O/c1-57(2)49-32-19-18-31-47(49)48-36-35-45(37-50(48)57)60(44-29-16-7-17-30-44)51-33-20-34-53-55(51)56-52(59(42-25-12-5-13-26-42)43-27-14-6-15-28-43)38-46(39-54(56)61-53)58(40-21-8-3-9-22-40)41-23-10-4-11-24-41/h3-39H,1-2H3. The highest BCUT2D eigenvalue weighted by Crippen LogP contribution is 2.53. The first-order valence-electron chi connectivity index (χ1n) is 20.9. The van der Waals surface area contributed by atoms with Crippen LogP contribution in [0.2, 0.25) is 0 Å². The van der Waals surface area contributed by atoms with E-state index in [-0.39, 0.29) is 5.41 Å². The quantitative estimate of drug-likeness (QED) is 0.145. The Bertz CT molecular complexity index is 3080. The number of fused-ring (bicyclic) bond motifs is 6. The first-order chi connectivity index (χ1) is 30.0. The molecule has 61 heavy (non-hydrogen) atoms. The predicted molar refractivity (Wildman–Crippen MR) is 255 cm³/mol. The van der Waals surface area contributed by atoms with Crippen LogP contribution >= 0.6 is 0 Å². The fraction of sp³-hybridized carbons (Fsp3) is 0.0526. The van der Waals surface area contributed by atoms with E-state index >= 15 is 0 Å². The van der Waals surface area contributed by atoms with Crippen LogP contribution in [-0.2, 0) is 5.41 Å². The largest absolute Gasteiger partial charge is 0.456 e. The number of furan rings is 1. The van der Waals surface area contributed by atoms with Gasteiger partial charge in [-0.15, -0.1) is 0 Å². The zero-order valence-electron chi connectivity index (χ0n) is 34.1. The molecule has 0 saturated heterocycles. The fourth-order valence-corrected chi connectivity index (χ4v) is 9.40. The Morgan fingerprint density at radius 1 is 0.311 bits per heavy atom. The van der Waals surface area contributed by atoms with Crippen molar-refractivity contribution >= 4 is 73.1 Å². The summed E-state index contributed by atoms with van der Waals surface area (Å²) in [7, 11) is 0. The van der Waals surface area contributed by atoms with E-state index in [4.69, 9.17) is 4.42 Å². The molecule has 1 aliphatic carbocycles.